The molecule has 0 fully saturated rings. The molecule has 0 saturated carbocycles. The molecule has 0 saturated heterocycles. The molecule has 0 aliphatic heterocycles. The number of nitriles is 2. The number of halogens is 24. The van der Waals surface area contributed by atoms with Gasteiger partial charge in [-0.25, -0.2) is 0 Å². The SMILES string of the molecule is N#Cc1cccc(-c2c(-n3c4cc(-c5ccc(C(F)(F)F)cc5C(F)(F)F)ccc4c4ccc(-c5ccc(C(F)(F)F)cc5C(F)(F)F)cc43)cc(C#N)cc2-n2c3cc(-c4ccc(C(F)(F)F)cc4C(F)(F)F)ccc3c3ccc(-c4ccc(C(F)(F)F)cc4C(F)(F)F)cc32)c1. The van der Waals surface area contributed by atoms with Crippen molar-refractivity contribution in [3.05, 3.63) is 238 Å². The van der Waals surface area contributed by atoms with Crippen molar-refractivity contribution in [2.75, 3.05) is 0 Å². The van der Waals surface area contributed by atoms with Gasteiger partial charge < -0.3 is 9.13 Å². The summed E-state index contributed by atoms with van der Waals surface area (Å²) in [7, 11) is 0. The highest BCUT2D eigenvalue weighted by Crippen LogP contribution is 2.51. The van der Waals surface area contributed by atoms with E-state index in [0.717, 1.165) is 94.1 Å². The molecule has 2 aromatic heterocycles. The summed E-state index contributed by atoms with van der Waals surface area (Å²) in [6.45, 7) is 0. The van der Waals surface area contributed by atoms with Crippen molar-refractivity contribution in [3.8, 4) is 79.1 Å². The zero-order chi connectivity index (χ0) is 71.1. The van der Waals surface area contributed by atoms with Crippen molar-refractivity contribution in [1.29, 1.82) is 10.5 Å². The molecule has 2 heterocycles. The minimum atomic E-state index is -5.54. The van der Waals surface area contributed by atoms with Crippen LogP contribution in [0.25, 0.3) is 111 Å². The third-order valence-corrected chi connectivity index (χ3v) is 16.4. The molecule has 0 atom stereocenters. The molecule has 0 aliphatic rings. The molecule has 12 aromatic rings. The Morgan fingerprint density at radius 3 is 0.745 bits per heavy atom. The second-order valence-electron chi connectivity index (χ2n) is 22.3. The molecule has 0 unspecified atom stereocenters. The lowest BCUT2D eigenvalue weighted by atomic mass is 9.95. The van der Waals surface area contributed by atoms with Gasteiger partial charge in [-0.3, -0.25) is 0 Å². The predicted molar refractivity (Wildman–Crippen MR) is 312 cm³/mol. The molecule has 98 heavy (non-hydrogen) atoms. The summed E-state index contributed by atoms with van der Waals surface area (Å²) >= 11 is 0. The number of fused-ring (bicyclic) bond motifs is 6. The lowest BCUT2D eigenvalue weighted by Gasteiger charge is -2.22. The van der Waals surface area contributed by atoms with Crippen LogP contribution in [0, 0.1) is 22.7 Å². The van der Waals surface area contributed by atoms with Crippen molar-refractivity contribution in [2.45, 2.75) is 49.4 Å². The Labute approximate surface area is 533 Å². The highest BCUT2D eigenvalue weighted by Gasteiger charge is 2.43. The van der Waals surface area contributed by atoms with Crippen LogP contribution >= 0.6 is 0 Å². The average Bonchev–Trinajstić information content (AvgIpc) is 1.53. The zero-order valence-corrected chi connectivity index (χ0v) is 48.2. The third-order valence-electron chi connectivity index (χ3n) is 16.4. The largest absolute Gasteiger partial charge is 0.417 e. The molecule has 0 bridgehead atoms. The molecule has 0 amide bonds. The van der Waals surface area contributed by atoms with E-state index in [-0.39, 0.29) is 84.6 Å². The summed E-state index contributed by atoms with van der Waals surface area (Å²) in [4.78, 5) is 0. The first kappa shape index (κ1) is 67.1. The van der Waals surface area contributed by atoms with Gasteiger partial charge in [-0.2, -0.15) is 116 Å². The Morgan fingerprint density at radius 1 is 0.245 bits per heavy atom. The molecule has 0 spiro atoms. The Kier molecular flexibility index (Phi) is 15.7. The van der Waals surface area contributed by atoms with E-state index in [0.29, 0.717) is 48.5 Å². The van der Waals surface area contributed by atoms with E-state index in [1.165, 1.54) is 24.3 Å². The zero-order valence-electron chi connectivity index (χ0n) is 48.2. The van der Waals surface area contributed by atoms with Crippen LogP contribution in [-0.4, -0.2) is 9.13 Å². The molecule has 0 aliphatic carbocycles. The Hall–Kier alpha value is -10.9. The average molecular weight is 1380 g/mol. The quantitative estimate of drug-likeness (QED) is 0.149. The van der Waals surface area contributed by atoms with Gasteiger partial charge in [0.15, 0.2) is 0 Å². The predicted octanol–water partition coefficient (Wildman–Crippen LogP) is 24.1. The van der Waals surface area contributed by atoms with Crippen molar-refractivity contribution in [1.82, 2.24) is 9.13 Å². The molecular weight excluding hydrogens is 1350 g/mol. The summed E-state index contributed by atoms with van der Waals surface area (Å²) in [5, 5.41) is 21.3. The molecule has 498 valence electrons. The van der Waals surface area contributed by atoms with Crippen LogP contribution in [0.3, 0.4) is 0 Å². The number of hydrogen-bond donors (Lipinski definition) is 0. The van der Waals surface area contributed by atoms with Gasteiger partial charge in [-0.15, -0.1) is 0 Å². The number of rotatable bonds is 7. The van der Waals surface area contributed by atoms with Gasteiger partial charge in [0.1, 0.15) is 0 Å². The maximum Gasteiger partial charge on any atom is 0.417 e. The number of hydrogen-bond acceptors (Lipinski definition) is 2. The smallest absolute Gasteiger partial charge is 0.308 e. The molecule has 12 rings (SSSR count). The fourth-order valence-electron chi connectivity index (χ4n) is 12.1. The Bertz CT molecular complexity index is 4800. The maximum atomic E-state index is 15.1. The third kappa shape index (κ3) is 12.1. The number of alkyl halides is 24. The molecule has 0 radical (unpaired) electrons. The minimum Gasteiger partial charge on any atom is -0.308 e. The van der Waals surface area contributed by atoms with E-state index < -0.39 is 155 Å². The van der Waals surface area contributed by atoms with Crippen LogP contribution in [0.15, 0.2) is 182 Å². The first-order valence-electron chi connectivity index (χ1n) is 28.0. The van der Waals surface area contributed by atoms with Crippen LogP contribution in [0.5, 0.6) is 0 Å². The van der Waals surface area contributed by atoms with E-state index in [1.54, 1.807) is 0 Å². The highest BCUT2D eigenvalue weighted by molar-refractivity contribution is 6.14. The van der Waals surface area contributed by atoms with Crippen molar-refractivity contribution in [2.24, 2.45) is 0 Å². The van der Waals surface area contributed by atoms with E-state index in [1.807, 2.05) is 12.1 Å². The summed E-state index contributed by atoms with van der Waals surface area (Å²) in [5.41, 5.74) is -23.3. The van der Waals surface area contributed by atoms with Gasteiger partial charge >= 0.3 is 49.4 Å². The molecular formula is C70H30F24N4. The van der Waals surface area contributed by atoms with Crippen LogP contribution in [0.2, 0.25) is 0 Å². The van der Waals surface area contributed by atoms with Crippen LogP contribution in [0.1, 0.15) is 55.6 Å². The Balaban J connectivity index is 1.28. The van der Waals surface area contributed by atoms with Gasteiger partial charge in [-0.05, 0) is 147 Å². The van der Waals surface area contributed by atoms with E-state index >= 15 is 52.7 Å². The highest BCUT2D eigenvalue weighted by atomic mass is 19.4. The normalized spacial score (nSPS) is 13.1. The second-order valence-corrected chi connectivity index (χ2v) is 22.3. The monoisotopic (exact) mass is 1380 g/mol. The fourth-order valence-corrected chi connectivity index (χ4v) is 12.1. The van der Waals surface area contributed by atoms with Gasteiger partial charge in [0.2, 0.25) is 0 Å². The van der Waals surface area contributed by atoms with E-state index in [9.17, 15) is 63.2 Å². The molecule has 28 heteroatoms. The number of aromatic nitrogens is 2. The topological polar surface area (TPSA) is 57.4 Å². The van der Waals surface area contributed by atoms with Gasteiger partial charge in [-0.1, -0.05) is 84.9 Å². The van der Waals surface area contributed by atoms with Crippen molar-refractivity contribution < 1.29 is 105 Å². The first-order valence-corrected chi connectivity index (χ1v) is 28.0. The minimum absolute atomic E-state index is 0.0555. The van der Waals surface area contributed by atoms with Gasteiger partial charge in [0.05, 0.1) is 101 Å². The van der Waals surface area contributed by atoms with Gasteiger partial charge in [0.25, 0.3) is 0 Å². The number of benzene rings is 10. The molecule has 10 aromatic carbocycles. The Morgan fingerprint density at radius 2 is 0.510 bits per heavy atom. The summed E-state index contributed by atoms with van der Waals surface area (Å²) in [5.74, 6) is 0. The lowest BCUT2D eigenvalue weighted by Crippen LogP contribution is -2.12. The molecule has 0 N–H and O–H groups in total. The fraction of sp³-hybridized carbons (Fsp3) is 0.114. The number of nitrogens with zero attached hydrogens (tertiary/aromatic N) is 4. The van der Waals surface area contributed by atoms with Crippen LogP contribution < -0.4 is 0 Å². The summed E-state index contributed by atoms with van der Waals surface area (Å²) in [6.07, 6.45) is -43.5. The lowest BCUT2D eigenvalue weighted by molar-refractivity contribution is -0.144. The maximum absolute atomic E-state index is 15.1. The van der Waals surface area contributed by atoms with Crippen molar-refractivity contribution >= 4 is 43.6 Å². The molecule has 4 nitrogen and oxygen atoms in total. The van der Waals surface area contributed by atoms with Crippen LogP contribution in [-0.2, 0) is 49.4 Å². The summed E-state index contributed by atoms with van der Waals surface area (Å²) in [6, 6.07) is 26.1. The second kappa shape index (κ2) is 22.9. The standard InChI is InChI=1S/C70H30F24N4/c71-63(72,73)40-8-16-44(52(27-40)67(83,84)85)35-4-12-48-49-13-5-36(45-17-9-41(64(74,75)76)28-53(45)68(86,87)88)24-57(49)97(56(48)23-35)60-21-34(32-96)22-61(62(60)39-3-1-2-33(20-39)31-95)98-58-25-37(46-18-10-42(65(77,78)79)29-54(46)69(89,90)91)6-14-50(58)51-15-7-38(26-59(51)98)47-19-11-43(66(80,81)82)30-55(47)70(92,93)94/h1-30H. The van der Waals surface area contributed by atoms with Crippen LogP contribution in [0.4, 0.5) is 105 Å². The van der Waals surface area contributed by atoms with Crippen molar-refractivity contribution in [3.63, 3.8) is 0 Å². The van der Waals surface area contributed by atoms with E-state index in [2.05, 4.69) is 0 Å². The van der Waals surface area contributed by atoms with Gasteiger partial charge in [0, 0.05) is 27.1 Å². The first-order chi connectivity index (χ1) is 45.5. The van der Waals surface area contributed by atoms with E-state index in [4.69, 9.17) is 0 Å². The summed E-state index contributed by atoms with van der Waals surface area (Å²) < 4.78 is 352.